The summed E-state index contributed by atoms with van der Waals surface area (Å²) in [5.74, 6) is 0. The summed E-state index contributed by atoms with van der Waals surface area (Å²) in [6, 6.07) is 0. The fraction of sp³-hybridized carbons (Fsp3) is 1.00. The molecule has 4 nitrogen and oxygen atoms in total. The monoisotopic (exact) mass is 202 g/mol. The molecule has 2 heterocycles. The minimum atomic E-state index is 0.0755. The van der Waals surface area contributed by atoms with Crippen molar-refractivity contribution in [3.8, 4) is 0 Å². The van der Waals surface area contributed by atoms with Gasteiger partial charge in [-0.3, -0.25) is 0 Å². The third-order valence-electron chi connectivity index (χ3n) is 2.72. The van der Waals surface area contributed by atoms with Gasteiger partial charge in [0.05, 0.1) is 13.2 Å². The molecule has 0 aromatic carbocycles. The van der Waals surface area contributed by atoms with Gasteiger partial charge in [0, 0.05) is 13.2 Å². The molecule has 0 aliphatic carbocycles. The van der Waals surface area contributed by atoms with E-state index in [2.05, 4.69) is 0 Å². The maximum absolute atomic E-state index is 5.63. The van der Waals surface area contributed by atoms with E-state index in [9.17, 15) is 0 Å². The second-order valence-corrected chi connectivity index (χ2v) is 3.58. The molecule has 0 aromatic heterocycles. The van der Waals surface area contributed by atoms with Crippen molar-refractivity contribution < 1.29 is 18.9 Å². The average molecular weight is 202 g/mol. The molecule has 82 valence electrons. The Morgan fingerprint density at radius 2 is 1.36 bits per heavy atom. The van der Waals surface area contributed by atoms with Crippen molar-refractivity contribution in [2.75, 3.05) is 26.4 Å². The van der Waals surface area contributed by atoms with E-state index in [0.29, 0.717) is 26.4 Å². The molecule has 0 saturated carbocycles. The summed E-state index contributed by atoms with van der Waals surface area (Å²) in [5.41, 5.74) is 0. The van der Waals surface area contributed by atoms with Crippen molar-refractivity contribution in [3.63, 3.8) is 0 Å². The van der Waals surface area contributed by atoms with Gasteiger partial charge in [0.15, 0.2) is 0 Å². The molecule has 0 aromatic rings. The third-order valence-corrected chi connectivity index (χ3v) is 2.72. The Balaban J connectivity index is 1.90. The number of ether oxygens (including phenoxy) is 4. The van der Waals surface area contributed by atoms with E-state index in [0.717, 1.165) is 0 Å². The first-order valence-electron chi connectivity index (χ1n) is 5.33. The largest absolute Gasteiger partial charge is 0.373 e. The van der Waals surface area contributed by atoms with Crippen molar-refractivity contribution >= 4 is 0 Å². The van der Waals surface area contributed by atoms with Crippen molar-refractivity contribution in [2.45, 2.75) is 38.3 Å². The molecule has 2 fully saturated rings. The SMILES string of the molecule is CCO[C@H]1CO[C@H]2C1OC[C@@H]2OCC. The van der Waals surface area contributed by atoms with Gasteiger partial charge in [-0.2, -0.15) is 0 Å². The van der Waals surface area contributed by atoms with E-state index in [-0.39, 0.29) is 24.4 Å². The van der Waals surface area contributed by atoms with Crippen LogP contribution in [0.3, 0.4) is 0 Å². The van der Waals surface area contributed by atoms with Crippen LogP contribution in [0, 0.1) is 0 Å². The van der Waals surface area contributed by atoms with Gasteiger partial charge in [-0.25, -0.2) is 0 Å². The highest BCUT2D eigenvalue weighted by Gasteiger charge is 2.48. The first kappa shape index (κ1) is 10.4. The zero-order valence-corrected chi connectivity index (χ0v) is 8.77. The molecule has 0 amide bonds. The highest BCUT2D eigenvalue weighted by Crippen LogP contribution is 2.30. The molecule has 0 N–H and O–H groups in total. The first-order valence-corrected chi connectivity index (χ1v) is 5.33. The first-order chi connectivity index (χ1) is 6.86. The summed E-state index contributed by atoms with van der Waals surface area (Å²) in [4.78, 5) is 0. The molecule has 4 atom stereocenters. The van der Waals surface area contributed by atoms with Gasteiger partial charge < -0.3 is 18.9 Å². The Labute approximate surface area is 84.5 Å². The Kier molecular flexibility index (Phi) is 3.38. The van der Waals surface area contributed by atoms with Crippen LogP contribution in [0.2, 0.25) is 0 Å². The van der Waals surface area contributed by atoms with Gasteiger partial charge >= 0.3 is 0 Å². The van der Waals surface area contributed by atoms with Gasteiger partial charge in [0.1, 0.15) is 24.4 Å². The van der Waals surface area contributed by atoms with Gasteiger partial charge in [0.25, 0.3) is 0 Å². The molecule has 2 rings (SSSR count). The van der Waals surface area contributed by atoms with Gasteiger partial charge in [0.2, 0.25) is 0 Å². The highest BCUT2D eigenvalue weighted by atomic mass is 16.6. The summed E-state index contributed by atoms with van der Waals surface area (Å²) < 4.78 is 22.3. The zero-order valence-electron chi connectivity index (χ0n) is 8.77. The summed E-state index contributed by atoms with van der Waals surface area (Å²) in [6.07, 6.45) is 0.337. The predicted molar refractivity (Wildman–Crippen MR) is 50.3 cm³/mol. The molecular formula is C10H18O4. The van der Waals surface area contributed by atoms with E-state index >= 15 is 0 Å². The van der Waals surface area contributed by atoms with E-state index in [1.54, 1.807) is 0 Å². The Morgan fingerprint density at radius 1 is 0.929 bits per heavy atom. The zero-order chi connectivity index (χ0) is 9.97. The molecule has 0 spiro atoms. The van der Waals surface area contributed by atoms with Crippen LogP contribution in [0.4, 0.5) is 0 Å². The van der Waals surface area contributed by atoms with E-state index in [1.807, 2.05) is 13.8 Å². The van der Waals surface area contributed by atoms with E-state index in [4.69, 9.17) is 18.9 Å². The molecule has 2 aliphatic heterocycles. The Hall–Kier alpha value is -0.160. The van der Waals surface area contributed by atoms with Crippen LogP contribution >= 0.6 is 0 Å². The van der Waals surface area contributed by atoms with E-state index < -0.39 is 0 Å². The highest BCUT2D eigenvalue weighted by molar-refractivity contribution is 4.95. The summed E-state index contributed by atoms with van der Waals surface area (Å²) in [6.45, 7) is 6.66. The maximum atomic E-state index is 5.63. The minimum absolute atomic E-state index is 0.0755. The molecule has 4 heteroatoms. The second kappa shape index (κ2) is 4.57. The van der Waals surface area contributed by atoms with Crippen molar-refractivity contribution in [3.05, 3.63) is 0 Å². The van der Waals surface area contributed by atoms with Crippen LogP contribution in [0.15, 0.2) is 0 Å². The lowest BCUT2D eigenvalue weighted by Crippen LogP contribution is -2.34. The van der Waals surface area contributed by atoms with Crippen LogP contribution in [0.25, 0.3) is 0 Å². The summed E-state index contributed by atoms with van der Waals surface area (Å²) in [5, 5.41) is 0. The molecule has 2 aliphatic rings. The predicted octanol–water partition coefficient (Wildman–Crippen LogP) is 0.594. The minimum Gasteiger partial charge on any atom is -0.373 e. The smallest absolute Gasteiger partial charge is 0.115 e. The number of hydrogen-bond donors (Lipinski definition) is 0. The van der Waals surface area contributed by atoms with Crippen molar-refractivity contribution in [1.82, 2.24) is 0 Å². The Bertz CT molecular complexity index is 165. The molecule has 0 radical (unpaired) electrons. The topological polar surface area (TPSA) is 36.9 Å². The van der Waals surface area contributed by atoms with Gasteiger partial charge in [-0.15, -0.1) is 0 Å². The van der Waals surface area contributed by atoms with Crippen LogP contribution in [-0.4, -0.2) is 50.8 Å². The maximum Gasteiger partial charge on any atom is 0.115 e. The van der Waals surface area contributed by atoms with Crippen LogP contribution < -0.4 is 0 Å². The number of fused-ring (bicyclic) bond motifs is 1. The van der Waals surface area contributed by atoms with Crippen molar-refractivity contribution in [2.24, 2.45) is 0 Å². The lowest BCUT2D eigenvalue weighted by molar-refractivity contribution is -0.0457. The summed E-state index contributed by atoms with van der Waals surface area (Å²) in [7, 11) is 0. The van der Waals surface area contributed by atoms with Crippen LogP contribution in [0.1, 0.15) is 13.8 Å². The van der Waals surface area contributed by atoms with Crippen molar-refractivity contribution in [1.29, 1.82) is 0 Å². The standard InChI is InChI=1S/C10H18O4/c1-3-11-7-5-13-10-8(12-4-2)6-14-9(7)10/h7-10H,3-6H2,1-2H3/t7-,8-,9+,10?/m0/s1. The van der Waals surface area contributed by atoms with Crippen LogP contribution in [-0.2, 0) is 18.9 Å². The Morgan fingerprint density at radius 3 is 1.71 bits per heavy atom. The molecule has 0 bridgehead atoms. The third kappa shape index (κ3) is 1.80. The van der Waals surface area contributed by atoms with Crippen LogP contribution in [0.5, 0.6) is 0 Å². The lowest BCUT2D eigenvalue weighted by atomic mass is 10.1. The quantitative estimate of drug-likeness (QED) is 0.668. The van der Waals surface area contributed by atoms with E-state index in [1.165, 1.54) is 0 Å². The van der Waals surface area contributed by atoms with Gasteiger partial charge in [-0.1, -0.05) is 0 Å². The average Bonchev–Trinajstić information content (AvgIpc) is 2.72. The molecule has 1 unspecified atom stereocenters. The fourth-order valence-electron chi connectivity index (χ4n) is 2.14. The fourth-order valence-corrected chi connectivity index (χ4v) is 2.14. The van der Waals surface area contributed by atoms with Gasteiger partial charge in [-0.05, 0) is 13.8 Å². The second-order valence-electron chi connectivity index (χ2n) is 3.58. The molecule has 14 heavy (non-hydrogen) atoms. The molecular weight excluding hydrogens is 184 g/mol. The lowest BCUT2D eigenvalue weighted by Gasteiger charge is -2.16. The number of hydrogen-bond acceptors (Lipinski definition) is 4. The summed E-state index contributed by atoms with van der Waals surface area (Å²) >= 11 is 0. The number of rotatable bonds is 4. The normalized spacial score (nSPS) is 41.6. The molecule has 2 saturated heterocycles.